The lowest BCUT2D eigenvalue weighted by Crippen LogP contribution is -2.16. The van der Waals surface area contributed by atoms with E-state index in [1.54, 1.807) is 6.20 Å². The van der Waals surface area contributed by atoms with E-state index < -0.39 is 0 Å². The molecular weight excluding hydrogens is 252 g/mol. The first-order valence-electron chi connectivity index (χ1n) is 6.55. The summed E-state index contributed by atoms with van der Waals surface area (Å²) < 4.78 is 2.08. The Kier molecular flexibility index (Phi) is 4.12. The molecule has 20 heavy (non-hydrogen) atoms. The molecule has 0 radical (unpaired) electrons. The largest absolute Gasteiger partial charge is 0.376 e. The molecular formula is C14H22N6. The van der Waals surface area contributed by atoms with Crippen molar-refractivity contribution in [3.63, 3.8) is 0 Å². The van der Waals surface area contributed by atoms with Crippen molar-refractivity contribution in [2.24, 2.45) is 7.05 Å². The number of nitrogens with one attached hydrogen (secondary N) is 1. The van der Waals surface area contributed by atoms with Crippen LogP contribution in [0, 0.1) is 0 Å². The fourth-order valence-corrected chi connectivity index (χ4v) is 2.09. The van der Waals surface area contributed by atoms with Crippen LogP contribution in [0.3, 0.4) is 0 Å². The number of hydrogen-bond acceptors (Lipinski definition) is 5. The number of hydrogen-bond donors (Lipinski definition) is 1. The minimum Gasteiger partial charge on any atom is -0.376 e. The Bertz CT molecular complexity index is 573. The summed E-state index contributed by atoms with van der Waals surface area (Å²) in [5, 5.41) is 3.42. The van der Waals surface area contributed by atoms with Crippen LogP contribution in [0.2, 0.25) is 0 Å². The van der Waals surface area contributed by atoms with E-state index in [9.17, 15) is 0 Å². The Balaban J connectivity index is 2.13. The summed E-state index contributed by atoms with van der Waals surface area (Å²) >= 11 is 0. The Morgan fingerprint density at radius 1 is 1.15 bits per heavy atom. The molecule has 2 aromatic heterocycles. The third-order valence-corrected chi connectivity index (χ3v) is 3.13. The monoisotopic (exact) mass is 274 g/mol. The summed E-state index contributed by atoms with van der Waals surface area (Å²) in [4.78, 5) is 12.8. The van der Waals surface area contributed by atoms with Crippen molar-refractivity contribution in [2.75, 3.05) is 43.3 Å². The highest BCUT2D eigenvalue weighted by Gasteiger charge is 2.09. The van der Waals surface area contributed by atoms with Gasteiger partial charge < -0.3 is 19.7 Å². The number of rotatable bonds is 5. The van der Waals surface area contributed by atoms with E-state index in [0.717, 1.165) is 23.1 Å². The Labute approximate surface area is 120 Å². The highest BCUT2D eigenvalue weighted by molar-refractivity contribution is 5.64. The van der Waals surface area contributed by atoms with Crippen LogP contribution in [0.1, 0.15) is 5.69 Å². The van der Waals surface area contributed by atoms with Crippen molar-refractivity contribution in [3.05, 3.63) is 30.2 Å². The molecule has 0 saturated heterocycles. The van der Waals surface area contributed by atoms with E-state index in [2.05, 4.69) is 19.9 Å². The molecule has 0 fully saturated rings. The van der Waals surface area contributed by atoms with Gasteiger partial charge in [-0.25, -0.2) is 9.97 Å². The van der Waals surface area contributed by atoms with Crippen LogP contribution < -0.4 is 15.1 Å². The highest BCUT2D eigenvalue weighted by atomic mass is 15.3. The first-order chi connectivity index (χ1) is 9.50. The summed E-state index contributed by atoms with van der Waals surface area (Å²) in [7, 11) is 9.98. The van der Waals surface area contributed by atoms with E-state index in [0.29, 0.717) is 6.54 Å². The molecule has 0 aliphatic heterocycles. The molecule has 2 rings (SSSR count). The van der Waals surface area contributed by atoms with Gasteiger partial charge in [-0.05, 0) is 12.1 Å². The van der Waals surface area contributed by atoms with Gasteiger partial charge in [0.1, 0.15) is 0 Å². The van der Waals surface area contributed by atoms with Gasteiger partial charge in [0.05, 0.1) is 24.1 Å². The van der Waals surface area contributed by atoms with Crippen LogP contribution in [0.25, 0.3) is 0 Å². The molecule has 0 aliphatic carbocycles. The predicted octanol–water partition coefficient (Wildman–Crippen LogP) is 1.56. The molecule has 0 saturated carbocycles. The topological polar surface area (TPSA) is 49.2 Å². The SMILES string of the molecule is CN(C)c1ncccc1NCc1cnc(N(C)C)n1C. The van der Waals surface area contributed by atoms with Crippen molar-refractivity contribution in [2.45, 2.75) is 6.54 Å². The van der Waals surface area contributed by atoms with Gasteiger partial charge in [0.25, 0.3) is 0 Å². The van der Waals surface area contributed by atoms with Crippen molar-refractivity contribution in [3.8, 4) is 0 Å². The molecule has 1 N–H and O–H groups in total. The highest BCUT2D eigenvalue weighted by Crippen LogP contribution is 2.21. The molecule has 0 spiro atoms. The molecule has 6 heteroatoms. The summed E-state index contributed by atoms with van der Waals surface area (Å²) in [5.41, 5.74) is 2.15. The molecule has 0 aromatic carbocycles. The maximum absolute atomic E-state index is 4.41. The molecule has 0 atom stereocenters. The number of imidazole rings is 1. The van der Waals surface area contributed by atoms with Gasteiger partial charge in [-0.1, -0.05) is 0 Å². The van der Waals surface area contributed by atoms with Crippen LogP contribution in [0.5, 0.6) is 0 Å². The van der Waals surface area contributed by atoms with Gasteiger partial charge in [0, 0.05) is 41.4 Å². The van der Waals surface area contributed by atoms with Crippen molar-refractivity contribution >= 4 is 17.5 Å². The summed E-state index contributed by atoms with van der Waals surface area (Å²) in [6, 6.07) is 3.97. The molecule has 2 aromatic rings. The summed E-state index contributed by atoms with van der Waals surface area (Å²) in [5.74, 6) is 1.88. The van der Waals surface area contributed by atoms with Crippen molar-refractivity contribution in [1.29, 1.82) is 0 Å². The van der Waals surface area contributed by atoms with Crippen LogP contribution in [0.4, 0.5) is 17.5 Å². The first kappa shape index (κ1) is 14.2. The number of aromatic nitrogens is 3. The normalized spacial score (nSPS) is 10.4. The maximum Gasteiger partial charge on any atom is 0.204 e. The van der Waals surface area contributed by atoms with Gasteiger partial charge in [0.2, 0.25) is 5.95 Å². The molecule has 6 nitrogen and oxygen atoms in total. The fourth-order valence-electron chi connectivity index (χ4n) is 2.09. The number of pyridine rings is 1. The first-order valence-corrected chi connectivity index (χ1v) is 6.55. The van der Waals surface area contributed by atoms with E-state index in [-0.39, 0.29) is 0 Å². The standard InChI is InChI=1S/C14H22N6/c1-18(2)13-12(7-6-8-15-13)16-9-11-10-17-14(19(3)4)20(11)5/h6-8,10,16H,9H2,1-5H3. The molecule has 2 heterocycles. The van der Waals surface area contributed by atoms with E-state index in [1.807, 2.05) is 63.4 Å². The smallest absolute Gasteiger partial charge is 0.204 e. The van der Waals surface area contributed by atoms with Gasteiger partial charge in [-0.3, -0.25) is 0 Å². The molecule has 108 valence electrons. The lowest BCUT2D eigenvalue weighted by Gasteiger charge is -2.17. The zero-order valence-electron chi connectivity index (χ0n) is 12.8. The Hall–Kier alpha value is -2.24. The average molecular weight is 274 g/mol. The van der Waals surface area contributed by atoms with Gasteiger partial charge in [0.15, 0.2) is 5.82 Å². The second-order valence-corrected chi connectivity index (χ2v) is 5.13. The van der Waals surface area contributed by atoms with E-state index in [4.69, 9.17) is 0 Å². The third-order valence-electron chi connectivity index (χ3n) is 3.13. The number of anilines is 3. The molecule has 0 amide bonds. The van der Waals surface area contributed by atoms with Crippen LogP contribution in [-0.4, -0.2) is 42.7 Å². The van der Waals surface area contributed by atoms with Gasteiger partial charge >= 0.3 is 0 Å². The van der Waals surface area contributed by atoms with Crippen molar-refractivity contribution < 1.29 is 0 Å². The second kappa shape index (κ2) is 5.81. The minimum absolute atomic E-state index is 0.712. The Morgan fingerprint density at radius 3 is 2.50 bits per heavy atom. The van der Waals surface area contributed by atoms with Gasteiger partial charge in [-0.15, -0.1) is 0 Å². The maximum atomic E-state index is 4.41. The number of nitrogens with zero attached hydrogens (tertiary/aromatic N) is 5. The second-order valence-electron chi connectivity index (χ2n) is 5.13. The minimum atomic E-state index is 0.712. The van der Waals surface area contributed by atoms with Crippen LogP contribution in [0.15, 0.2) is 24.5 Å². The van der Waals surface area contributed by atoms with Crippen LogP contribution >= 0.6 is 0 Å². The average Bonchev–Trinajstić information content (AvgIpc) is 2.78. The zero-order chi connectivity index (χ0) is 14.7. The molecule has 0 unspecified atom stereocenters. The molecule has 0 aliphatic rings. The van der Waals surface area contributed by atoms with Gasteiger partial charge in [-0.2, -0.15) is 0 Å². The Morgan fingerprint density at radius 2 is 1.90 bits per heavy atom. The summed E-state index contributed by atoms with van der Waals surface area (Å²) in [6.45, 7) is 0.712. The summed E-state index contributed by atoms with van der Waals surface area (Å²) in [6.07, 6.45) is 3.70. The quantitative estimate of drug-likeness (QED) is 0.896. The van der Waals surface area contributed by atoms with Crippen LogP contribution in [-0.2, 0) is 13.6 Å². The fraction of sp³-hybridized carbons (Fsp3) is 0.429. The lowest BCUT2D eigenvalue weighted by atomic mass is 10.3. The van der Waals surface area contributed by atoms with Crippen molar-refractivity contribution in [1.82, 2.24) is 14.5 Å². The third kappa shape index (κ3) is 2.84. The van der Waals surface area contributed by atoms with E-state index in [1.165, 1.54) is 0 Å². The van der Waals surface area contributed by atoms with E-state index >= 15 is 0 Å². The lowest BCUT2D eigenvalue weighted by molar-refractivity contribution is 0.813. The predicted molar refractivity (Wildman–Crippen MR) is 83.4 cm³/mol. The zero-order valence-corrected chi connectivity index (χ0v) is 12.8. The molecule has 0 bridgehead atoms.